The fourth-order valence-electron chi connectivity index (χ4n) is 2.48. The first-order chi connectivity index (χ1) is 9.52. The van der Waals surface area contributed by atoms with E-state index in [1.807, 2.05) is 18.4 Å². The number of hydrogen-bond acceptors (Lipinski definition) is 4. The maximum Gasteiger partial charge on any atom is 0.128 e. The summed E-state index contributed by atoms with van der Waals surface area (Å²) < 4.78 is 0. The van der Waals surface area contributed by atoms with Crippen LogP contribution in [-0.4, -0.2) is 37.2 Å². The van der Waals surface area contributed by atoms with Gasteiger partial charge in [-0.05, 0) is 25.5 Å². The van der Waals surface area contributed by atoms with Crippen molar-refractivity contribution in [1.82, 2.24) is 10.3 Å². The molecule has 0 aliphatic carbocycles. The summed E-state index contributed by atoms with van der Waals surface area (Å²) in [7, 11) is 3.94. The van der Waals surface area contributed by atoms with E-state index in [1.54, 1.807) is 0 Å². The molecular formula is C15H24N4S. The lowest BCUT2D eigenvalue weighted by Crippen LogP contribution is -2.46. The zero-order valence-corrected chi connectivity index (χ0v) is 13.8. The Morgan fingerprint density at radius 1 is 1.35 bits per heavy atom. The zero-order chi connectivity index (χ0) is 14.7. The molecule has 2 unspecified atom stereocenters. The van der Waals surface area contributed by atoms with Crippen molar-refractivity contribution in [3.63, 3.8) is 0 Å². The SMILES string of the molecule is CN=C1NN=C(N(C)CCc2ccc(C)s2)C(C)C1C. The lowest BCUT2D eigenvalue weighted by Gasteiger charge is -2.33. The van der Waals surface area contributed by atoms with Crippen LogP contribution < -0.4 is 5.43 Å². The Kier molecular flexibility index (Phi) is 4.81. The molecule has 0 saturated heterocycles. The first kappa shape index (κ1) is 15.0. The van der Waals surface area contributed by atoms with Gasteiger partial charge in [0, 0.05) is 42.2 Å². The summed E-state index contributed by atoms with van der Waals surface area (Å²) in [6, 6.07) is 4.41. The largest absolute Gasteiger partial charge is 0.361 e. The standard InChI is InChI=1S/C15H24N4S/c1-10-6-7-13(20-10)8-9-19(5)15-12(3)11(2)14(16-4)17-18-15/h6-7,11-12H,8-9H2,1-5H3,(H,16,17). The van der Waals surface area contributed by atoms with Crippen LogP contribution in [-0.2, 0) is 6.42 Å². The van der Waals surface area contributed by atoms with Crippen LogP contribution in [0.15, 0.2) is 22.2 Å². The number of nitrogens with one attached hydrogen (secondary N) is 1. The predicted molar refractivity (Wildman–Crippen MR) is 87.6 cm³/mol. The highest BCUT2D eigenvalue weighted by Crippen LogP contribution is 2.20. The highest BCUT2D eigenvalue weighted by atomic mass is 32.1. The molecule has 0 amide bonds. The molecule has 0 radical (unpaired) electrons. The molecule has 0 bridgehead atoms. The summed E-state index contributed by atoms with van der Waals surface area (Å²) in [6.45, 7) is 7.57. The number of aryl methyl sites for hydroxylation is 1. The van der Waals surface area contributed by atoms with Gasteiger partial charge in [-0.15, -0.1) is 11.3 Å². The molecule has 1 aliphatic heterocycles. The summed E-state index contributed by atoms with van der Waals surface area (Å²) in [5, 5.41) is 4.50. The molecule has 1 aliphatic rings. The molecule has 2 rings (SSSR count). The van der Waals surface area contributed by atoms with E-state index in [0.29, 0.717) is 11.8 Å². The van der Waals surface area contributed by atoms with Crippen LogP contribution in [0.1, 0.15) is 23.6 Å². The number of nitrogens with zero attached hydrogens (tertiary/aromatic N) is 3. The van der Waals surface area contributed by atoms with Crippen molar-refractivity contribution in [2.75, 3.05) is 20.6 Å². The van der Waals surface area contributed by atoms with Gasteiger partial charge in [0.2, 0.25) is 0 Å². The molecule has 1 aromatic heterocycles. The second-order valence-corrected chi connectivity index (χ2v) is 6.82. The minimum absolute atomic E-state index is 0.388. The number of rotatable bonds is 3. The van der Waals surface area contributed by atoms with Gasteiger partial charge in [0.05, 0.1) is 0 Å². The molecule has 0 spiro atoms. The average molecular weight is 292 g/mol. The molecule has 1 N–H and O–H groups in total. The summed E-state index contributed by atoms with van der Waals surface area (Å²) in [5.41, 5.74) is 3.08. The van der Waals surface area contributed by atoms with E-state index < -0.39 is 0 Å². The smallest absolute Gasteiger partial charge is 0.128 e. The Balaban J connectivity index is 1.98. The van der Waals surface area contributed by atoms with Gasteiger partial charge in [-0.1, -0.05) is 13.8 Å². The van der Waals surface area contributed by atoms with Gasteiger partial charge < -0.3 is 4.90 Å². The number of hydrogen-bond donors (Lipinski definition) is 1. The Hall–Kier alpha value is -1.36. The third-order valence-corrected chi connectivity index (χ3v) is 5.06. The second-order valence-electron chi connectivity index (χ2n) is 5.45. The first-order valence-corrected chi connectivity index (χ1v) is 7.91. The van der Waals surface area contributed by atoms with Crippen molar-refractivity contribution >= 4 is 23.0 Å². The molecule has 2 atom stereocenters. The zero-order valence-electron chi connectivity index (χ0n) is 13.0. The fraction of sp³-hybridized carbons (Fsp3) is 0.600. The number of likely N-dealkylation sites (N-methyl/N-ethyl adjacent to an activating group) is 1. The van der Waals surface area contributed by atoms with Gasteiger partial charge in [0.1, 0.15) is 11.7 Å². The number of aliphatic imine (C=N–C) groups is 1. The summed E-state index contributed by atoms with van der Waals surface area (Å²) >= 11 is 1.88. The molecule has 0 saturated carbocycles. The maximum absolute atomic E-state index is 4.50. The quantitative estimate of drug-likeness (QED) is 0.930. The molecule has 0 aromatic carbocycles. The van der Waals surface area contributed by atoms with Crippen LogP contribution in [0, 0.1) is 18.8 Å². The predicted octanol–water partition coefficient (Wildman–Crippen LogP) is 2.75. The van der Waals surface area contributed by atoms with Crippen LogP contribution in [0.25, 0.3) is 0 Å². The number of amidine groups is 2. The van der Waals surface area contributed by atoms with Crippen molar-refractivity contribution in [2.24, 2.45) is 21.9 Å². The van der Waals surface area contributed by atoms with Gasteiger partial charge in [0.15, 0.2) is 0 Å². The molecule has 5 heteroatoms. The lowest BCUT2D eigenvalue weighted by molar-refractivity contribution is 0.436. The summed E-state index contributed by atoms with van der Waals surface area (Å²) in [6.07, 6.45) is 1.07. The minimum atomic E-state index is 0.388. The van der Waals surface area contributed by atoms with Crippen LogP contribution in [0.2, 0.25) is 0 Å². The molecule has 2 heterocycles. The van der Waals surface area contributed by atoms with Crippen LogP contribution >= 0.6 is 11.3 Å². The number of thiophene rings is 1. The monoisotopic (exact) mass is 292 g/mol. The van der Waals surface area contributed by atoms with Crippen LogP contribution in [0.5, 0.6) is 0 Å². The normalized spacial score (nSPS) is 24.4. The van der Waals surface area contributed by atoms with Gasteiger partial charge in [-0.3, -0.25) is 10.4 Å². The maximum atomic E-state index is 4.50. The van der Waals surface area contributed by atoms with E-state index in [-0.39, 0.29) is 0 Å². The molecule has 20 heavy (non-hydrogen) atoms. The Morgan fingerprint density at radius 2 is 2.10 bits per heavy atom. The topological polar surface area (TPSA) is 40.0 Å². The van der Waals surface area contributed by atoms with Crippen molar-refractivity contribution in [3.8, 4) is 0 Å². The van der Waals surface area contributed by atoms with Crippen molar-refractivity contribution < 1.29 is 0 Å². The van der Waals surface area contributed by atoms with Gasteiger partial charge in [-0.2, -0.15) is 5.10 Å². The van der Waals surface area contributed by atoms with Crippen molar-refractivity contribution in [3.05, 3.63) is 21.9 Å². The van der Waals surface area contributed by atoms with Crippen molar-refractivity contribution in [2.45, 2.75) is 27.2 Å². The number of hydrazone groups is 1. The van der Waals surface area contributed by atoms with E-state index in [1.165, 1.54) is 9.75 Å². The molecule has 0 fully saturated rings. The highest BCUT2D eigenvalue weighted by molar-refractivity contribution is 7.11. The molecular weight excluding hydrogens is 268 g/mol. The fourth-order valence-corrected chi connectivity index (χ4v) is 3.36. The van der Waals surface area contributed by atoms with Gasteiger partial charge >= 0.3 is 0 Å². The first-order valence-electron chi connectivity index (χ1n) is 7.09. The van der Waals surface area contributed by atoms with Gasteiger partial charge in [0.25, 0.3) is 0 Å². The third-order valence-electron chi connectivity index (χ3n) is 4.00. The molecule has 4 nitrogen and oxygen atoms in total. The van der Waals surface area contributed by atoms with E-state index in [9.17, 15) is 0 Å². The van der Waals surface area contributed by atoms with Crippen molar-refractivity contribution in [1.29, 1.82) is 0 Å². The Bertz CT molecular complexity index is 518. The highest BCUT2D eigenvalue weighted by Gasteiger charge is 2.28. The Morgan fingerprint density at radius 3 is 2.70 bits per heavy atom. The second kappa shape index (κ2) is 6.39. The van der Waals surface area contributed by atoms with Crippen LogP contribution in [0.4, 0.5) is 0 Å². The molecule has 1 aromatic rings. The minimum Gasteiger partial charge on any atom is -0.361 e. The molecule has 110 valence electrons. The van der Waals surface area contributed by atoms with Crippen LogP contribution in [0.3, 0.4) is 0 Å². The van der Waals surface area contributed by atoms with E-state index in [2.05, 4.69) is 60.4 Å². The Labute approximate surface area is 125 Å². The third kappa shape index (κ3) is 3.20. The van der Waals surface area contributed by atoms with E-state index >= 15 is 0 Å². The summed E-state index contributed by atoms with van der Waals surface area (Å²) in [4.78, 5) is 9.33. The van der Waals surface area contributed by atoms with Gasteiger partial charge in [-0.25, -0.2) is 0 Å². The average Bonchev–Trinajstić information content (AvgIpc) is 2.85. The van der Waals surface area contributed by atoms with E-state index in [4.69, 9.17) is 0 Å². The van der Waals surface area contributed by atoms with E-state index in [0.717, 1.165) is 24.6 Å². The lowest BCUT2D eigenvalue weighted by atomic mass is 9.92. The summed E-state index contributed by atoms with van der Waals surface area (Å²) in [5.74, 6) is 2.88.